The van der Waals surface area contributed by atoms with Crippen molar-refractivity contribution in [3.63, 3.8) is 0 Å². The van der Waals surface area contributed by atoms with Crippen LogP contribution in [0.4, 0.5) is 0 Å². The smallest absolute Gasteiger partial charge is 0.00548 e. The SMILES string of the molecule is C=C(/C=C(\C)N)C(/C=C\C)=C(C)C. The van der Waals surface area contributed by atoms with E-state index < -0.39 is 0 Å². The maximum Gasteiger partial charge on any atom is 0.00548 e. The van der Waals surface area contributed by atoms with E-state index in [9.17, 15) is 0 Å². The molecule has 72 valence electrons. The van der Waals surface area contributed by atoms with Gasteiger partial charge in [0, 0.05) is 5.70 Å². The highest BCUT2D eigenvalue weighted by Gasteiger charge is 1.97. The summed E-state index contributed by atoms with van der Waals surface area (Å²) in [5, 5.41) is 0. The average Bonchev–Trinajstić information content (AvgIpc) is 1.97. The van der Waals surface area contributed by atoms with Crippen LogP contribution in [-0.4, -0.2) is 0 Å². The van der Waals surface area contributed by atoms with Crippen LogP contribution in [-0.2, 0) is 0 Å². The first-order chi connectivity index (χ1) is 5.99. The van der Waals surface area contributed by atoms with Crippen molar-refractivity contribution in [1.29, 1.82) is 0 Å². The Morgan fingerprint density at radius 1 is 1.23 bits per heavy atom. The Kier molecular flexibility index (Phi) is 4.90. The molecule has 0 heterocycles. The van der Waals surface area contributed by atoms with Crippen molar-refractivity contribution in [3.8, 4) is 0 Å². The van der Waals surface area contributed by atoms with Crippen LogP contribution in [0.2, 0.25) is 0 Å². The van der Waals surface area contributed by atoms with Gasteiger partial charge in [-0.25, -0.2) is 0 Å². The Morgan fingerprint density at radius 2 is 1.77 bits per heavy atom. The molecule has 0 aliphatic heterocycles. The summed E-state index contributed by atoms with van der Waals surface area (Å²) in [6, 6.07) is 0. The van der Waals surface area contributed by atoms with Crippen LogP contribution in [0.15, 0.2) is 47.2 Å². The quantitative estimate of drug-likeness (QED) is 0.657. The molecule has 0 spiro atoms. The molecule has 0 aromatic rings. The minimum Gasteiger partial charge on any atom is -0.402 e. The first-order valence-electron chi connectivity index (χ1n) is 4.42. The van der Waals surface area contributed by atoms with Crippen molar-refractivity contribution in [2.75, 3.05) is 0 Å². The second-order valence-electron chi connectivity index (χ2n) is 3.33. The molecule has 0 saturated carbocycles. The number of hydrogen-bond donors (Lipinski definition) is 1. The predicted molar refractivity (Wildman–Crippen MR) is 60.3 cm³/mol. The summed E-state index contributed by atoms with van der Waals surface area (Å²) >= 11 is 0. The fourth-order valence-corrected chi connectivity index (χ4v) is 1.11. The Labute approximate surface area is 81.3 Å². The molecule has 0 saturated heterocycles. The molecular weight excluding hydrogens is 158 g/mol. The molecule has 2 N–H and O–H groups in total. The fourth-order valence-electron chi connectivity index (χ4n) is 1.11. The average molecular weight is 177 g/mol. The summed E-state index contributed by atoms with van der Waals surface area (Å²) in [5.41, 5.74) is 9.75. The first kappa shape index (κ1) is 11.8. The van der Waals surface area contributed by atoms with Gasteiger partial charge in [-0.2, -0.15) is 0 Å². The van der Waals surface area contributed by atoms with Gasteiger partial charge in [0.25, 0.3) is 0 Å². The van der Waals surface area contributed by atoms with Crippen LogP contribution >= 0.6 is 0 Å². The molecule has 0 atom stereocenters. The van der Waals surface area contributed by atoms with Gasteiger partial charge in [-0.15, -0.1) is 0 Å². The highest BCUT2D eigenvalue weighted by molar-refractivity contribution is 5.47. The van der Waals surface area contributed by atoms with Crippen LogP contribution in [0.5, 0.6) is 0 Å². The predicted octanol–water partition coefficient (Wildman–Crippen LogP) is 3.32. The zero-order valence-electron chi connectivity index (χ0n) is 9.02. The van der Waals surface area contributed by atoms with Crippen molar-refractivity contribution in [1.82, 2.24) is 0 Å². The summed E-state index contributed by atoms with van der Waals surface area (Å²) in [4.78, 5) is 0. The van der Waals surface area contributed by atoms with Gasteiger partial charge >= 0.3 is 0 Å². The Morgan fingerprint density at radius 3 is 2.08 bits per heavy atom. The van der Waals surface area contributed by atoms with E-state index in [4.69, 9.17) is 5.73 Å². The monoisotopic (exact) mass is 177 g/mol. The van der Waals surface area contributed by atoms with Gasteiger partial charge in [-0.3, -0.25) is 0 Å². The number of hydrogen-bond acceptors (Lipinski definition) is 1. The van der Waals surface area contributed by atoms with Crippen molar-refractivity contribution in [2.24, 2.45) is 5.73 Å². The number of allylic oxidation sites excluding steroid dienone is 7. The summed E-state index contributed by atoms with van der Waals surface area (Å²) in [6.07, 6.45) is 5.95. The van der Waals surface area contributed by atoms with Gasteiger partial charge in [0.05, 0.1) is 0 Å². The van der Waals surface area contributed by atoms with Crippen molar-refractivity contribution in [2.45, 2.75) is 27.7 Å². The lowest BCUT2D eigenvalue weighted by atomic mass is 10.0. The lowest BCUT2D eigenvalue weighted by Crippen LogP contribution is -1.93. The van der Waals surface area contributed by atoms with E-state index in [0.29, 0.717) is 0 Å². The minimum absolute atomic E-state index is 0.785. The third-order valence-corrected chi connectivity index (χ3v) is 1.62. The Balaban J connectivity index is 4.91. The Hall–Kier alpha value is -1.24. The summed E-state index contributed by atoms with van der Waals surface area (Å²) in [7, 11) is 0. The van der Waals surface area contributed by atoms with Crippen LogP contribution in [0, 0.1) is 0 Å². The van der Waals surface area contributed by atoms with E-state index >= 15 is 0 Å². The maximum atomic E-state index is 5.58. The van der Waals surface area contributed by atoms with E-state index in [1.165, 1.54) is 5.57 Å². The second-order valence-corrected chi connectivity index (χ2v) is 3.33. The molecular formula is C12H19N. The molecule has 13 heavy (non-hydrogen) atoms. The van der Waals surface area contributed by atoms with Crippen molar-refractivity contribution >= 4 is 0 Å². The van der Waals surface area contributed by atoms with E-state index in [2.05, 4.69) is 26.5 Å². The van der Waals surface area contributed by atoms with E-state index in [1.807, 2.05) is 26.0 Å². The molecule has 0 aliphatic rings. The highest BCUT2D eigenvalue weighted by Crippen LogP contribution is 2.16. The maximum absolute atomic E-state index is 5.58. The number of nitrogens with two attached hydrogens (primary N) is 1. The van der Waals surface area contributed by atoms with E-state index in [1.54, 1.807) is 0 Å². The number of rotatable bonds is 3. The molecule has 0 rings (SSSR count). The topological polar surface area (TPSA) is 26.0 Å². The zero-order valence-corrected chi connectivity index (χ0v) is 9.02. The summed E-state index contributed by atoms with van der Waals surface area (Å²) < 4.78 is 0. The van der Waals surface area contributed by atoms with E-state index in [0.717, 1.165) is 16.8 Å². The molecule has 1 heteroatoms. The van der Waals surface area contributed by atoms with Crippen LogP contribution < -0.4 is 5.73 Å². The second kappa shape index (κ2) is 5.41. The van der Waals surface area contributed by atoms with Gasteiger partial charge in [-0.1, -0.05) is 24.3 Å². The molecule has 0 fully saturated rings. The lowest BCUT2D eigenvalue weighted by molar-refractivity contribution is 1.27. The van der Waals surface area contributed by atoms with E-state index in [-0.39, 0.29) is 0 Å². The molecule has 0 amide bonds. The lowest BCUT2D eigenvalue weighted by Gasteiger charge is -2.05. The normalized spacial score (nSPS) is 11.8. The molecule has 1 nitrogen and oxygen atoms in total. The van der Waals surface area contributed by atoms with Gasteiger partial charge < -0.3 is 5.73 Å². The minimum atomic E-state index is 0.785. The molecule has 0 aromatic carbocycles. The van der Waals surface area contributed by atoms with Crippen molar-refractivity contribution < 1.29 is 0 Å². The first-order valence-corrected chi connectivity index (χ1v) is 4.42. The molecule has 0 aliphatic carbocycles. The Bertz CT molecular complexity index is 269. The third kappa shape index (κ3) is 4.36. The van der Waals surface area contributed by atoms with Gasteiger partial charge in [-0.05, 0) is 44.9 Å². The van der Waals surface area contributed by atoms with Crippen LogP contribution in [0.1, 0.15) is 27.7 Å². The zero-order chi connectivity index (χ0) is 10.4. The molecule has 0 bridgehead atoms. The summed E-state index contributed by atoms with van der Waals surface area (Å²) in [5.74, 6) is 0. The standard InChI is InChI=1S/C12H19N/c1-6-7-12(9(2)3)10(4)8-11(5)13/h6-8H,4,13H2,1-3,5H3/b7-6-,11-8+. The van der Waals surface area contributed by atoms with Crippen LogP contribution in [0.25, 0.3) is 0 Å². The van der Waals surface area contributed by atoms with Gasteiger partial charge in [0.2, 0.25) is 0 Å². The molecule has 0 aromatic heterocycles. The molecule has 0 radical (unpaired) electrons. The largest absolute Gasteiger partial charge is 0.402 e. The molecule has 0 unspecified atom stereocenters. The third-order valence-electron chi connectivity index (χ3n) is 1.62. The van der Waals surface area contributed by atoms with Gasteiger partial charge in [0.15, 0.2) is 0 Å². The fraction of sp³-hybridized carbons (Fsp3) is 0.333. The van der Waals surface area contributed by atoms with Crippen LogP contribution in [0.3, 0.4) is 0 Å². The van der Waals surface area contributed by atoms with Crippen molar-refractivity contribution in [3.05, 3.63) is 47.2 Å². The summed E-state index contributed by atoms with van der Waals surface area (Å²) in [6.45, 7) is 12.0. The van der Waals surface area contributed by atoms with Gasteiger partial charge in [0.1, 0.15) is 0 Å². The highest BCUT2D eigenvalue weighted by atomic mass is 14.5.